The van der Waals surface area contributed by atoms with Gasteiger partial charge in [0.1, 0.15) is 12.1 Å². The second-order valence-electron chi connectivity index (χ2n) is 6.26. The summed E-state index contributed by atoms with van der Waals surface area (Å²) >= 11 is 0. The van der Waals surface area contributed by atoms with Gasteiger partial charge in [-0.15, -0.1) is 0 Å². The monoisotopic (exact) mass is 294 g/mol. The van der Waals surface area contributed by atoms with Crippen molar-refractivity contribution in [2.45, 2.75) is 26.3 Å². The molecule has 22 heavy (non-hydrogen) atoms. The summed E-state index contributed by atoms with van der Waals surface area (Å²) in [5.41, 5.74) is 3.27. The molecule has 0 spiro atoms. The van der Waals surface area contributed by atoms with E-state index < -0.39 is 0 Å². The molecule has 0 amide bonds. The zero-order valence-electron chi connectivity index (χ0n) is 12.7. The van der Waals surface area contributed by atoms with Gasteiger partial charge >= 0.3 is 0 Å². The van der Waals surface area contributed by atoms with Gasteiger partial charge in [-0.2, -0.15) is 10.1 Å². The number of aromatic nitrogens is 3. The van der Waals surface area contributed by atoms with E-state index in [4.69, 9.17) is 0 Å². The Morgan fingerprint density at radius 1 is 1.27 bits per heavy atom. The number of hydrogen-bond acceptors (Lipinski definition) is 4. The van der Waals surface area contributed by atoms with E-state index in [9.17, 15) is 4.79 Å². The summed E-state index contributed by atoms with van der Waals surface area (Å²) in [5.74, 6) is 1.03. The van der Waals surface area contributed by atoms with Crippen LogP contribution in [0.5, 0.6) is 0 Å². The molecular formula is C17H18N4O. The highest BCUT2D eigenvalue weighted by Crippen LogP contribution is 2.41. The Balaban J connectivity index is 1.88. The Morgan fingerprint density at radius 2 is 2.05 bits per heavy atom. The normalized spacial score (nSPS) is 26.7. The lowest BCUT2D eigenvalue weighted by molar-refractivity contribution is -0.123. The Bertz CT molecular complexity index is 759. The number of rotatable bonds is 1. The third-order valence-electron chi connectivity index (χ3n) is 4.50. The lowest BCUT2D eigenvalue weighted by atomic mass is 9.78. The van der Waals surface area contributed by atoms with Crippen molar-refractivity contribution in [2.75, 3.05) is 5.32 Å². The van der Waals surface area contributed by atoms with Crippen LogP contribution in [0.4, 0.5) is 5.95 Å². The van der Waals surface area contributed by atoms with Crippen molar-refractivity contribution in [3.05, 3.63) is 53.5 Å². The molecule has 0 unspecified atom stereocenters. The zero-order chi connectivity index (χ0) is 15.3. The SMILES string of the molecule is Cc1ccc([C@H]2[C@@H]3C(=O)C[C@H](C)C=C3Nc3ncnn32)cc1. The molecule has 5 nitrogen and oxygen atoms in total. The molecule has 1 aliphatic carbocycles. The first kappa shape index (κ1) is 13.2. The third kappa shape index (κ3) is 1.96. The number of hydrogen-bond donors (Lipinski definition) is 1. The van der Waals surface area contributed by atoms with Crippen molar-refractivity contribution >= 4 is 11.7 Å². The Morgan fingerprint density at radius 3 is 2.82 bits per heavy atom. The van der Waals surface area contributed by atoms with Crippen LogP contribution >= 0.6 is 0 Å². The molecule has 1 aliphatic heterocycles. The first-order valence-corrected chi connectivity index (χ1v) is 7.61. The number of allylic oxidation sites excluding steroid dienone is 2. The molecule has 0 saturated heterocycles. The van der Waals surface area contributed by atoms with Crippen LogP contribution < -0.4 is 5.32 Å². The van der Waals surface area contributed by atoms with E-state index in [0.717, 1.165) is 11.3 Å². The quantitative estimate of drug-likeness (QED) is 0.878. The maximum absolute atomic E-state index is 12.7. The third-order valence-corrected chi connectivity index (χ3v) is 4.50. The topological polar surface area (TPSA) is 59.8 Å². The molecule has 1 N–H and O–H groups in total. The molecule has 0 bridgehead atoms. The van der Waals surface area contributed by atoms with Gasteiger partial charge in [0.2, 0.25) is 5.95 Å². The van der Waals surface area contributed by atoms with Gasteiger partial charge in [0, 0.05) is 12.1 Å². The highest BCUT2D eigenvalue weighted by atomic mass is 16.1. The summed E-state index contributed by atoms with van der Waals surface area (Å²) in [6.45, 7) is 4.13. The fourth-order valence-corrected chi connectivity index (χ4v) is 3.46. The average molecular weight is 294 g/mol. The number of Topliss-reactive ketones (excluding diaryl/α,β-unsaturated/α-hetero) is 1. The molecule has 2 aromatic rings. The van der Waals surface area contributed by atoms with Gasteiger partial charge in [0.05, 0.1) is 12.0 Å². The molecule has 2 aliphatic rings. The number of ketones is 1. The smallest absolute Gasteiger partial charge is 0.226 e. The lowest BCUT2D eigenvalue weighted by Gasteiger charge is -2.37. The number of nitrogens with zero attached hydrogens (tertiary/aromatic N) is 3. The number of benzene rings is 1. The van der Waals surface area contributed by atoms with Crippen molar-refractivity contribution in [1.82, 2.24) is 14.8 Å². The molecule has 0 saturated carbocycles. The van der Waals surface area contributed by atoms with Crippen LogP contribution in [0.25, 0.3) is 0 Å². The van der Waals surface area contributed by atoms with Crippen LogP contribution in [0.15, 0.2) is 42.4 Å². The van der Waals surface area contributed by atoms with Gasteiger partial charge in [-0.3, -0.25) is 4.79 Å². The van der Waals surface area contributed by atoms with E-state index in [0.29, 0.717) is 12.4 Å². The second-order valence-corrected chi connectivity index (χ2v) is 6.26. The predicted octanol–water partition coefficient (Wildman–Crippen LogP) is 2.71. The summed E-state index contributed by atoms with van der Waals surface area (Å²) in [6, 6.07) is 8.20. The highest BCUT2D eigenvalue weighted by Gasteiger charge is 2.42. The van der Waals surface area contributed by atoms with Crippen LogP contribution in [-0.4, -0.2) is 20.5 Å². The summed E-state index contributed by atoms with van der Waals surface area (Å²) in [7, 11) is 0. The van der Waals surface area contributed by atoms with Gasteiger partial charge in [0.15, 0.2) is 0 Å². The van der Waals surface area contributed by atoms with E-state index in [1.807, 2.05) is 4.68 Å². The fraction of sp³-hybridized carbons (Fsp3) is 0.353. The van der Waals surface area contributed by atoms with Gasteiger partial charge in [-0.05, 0) is 18.4 Å². The summed E-state index contributed by atoms with van der Waals surface area (Å²) in [6.07, 6.45) is 4.28. The van der Waals surface area contributed by atoms with Crippen molar-refractivity contribution in [3.8, 4) is 0 Å². The number of anilines is 1. The molecular weight excluding hydrogens is 276 g/mol. The lowest BCUT2D eigenvalue weighted by Crippen LogP contribution is -2.40. The second kappa shape index (κ2) is 4.80. The van der Waals surface area contributed by atoms with E-state index in [-0.39, 0.29) is 23.7 Å². The Kier molecular flexibility index (Phi) is 2.89. The molecule has 0 radical (unpaired) electrons. The average Bonchev–Trinajstić information content (AvgIpc) is 2.93. The van der Waals surface area contributed by atoms with Crippen LogP contribution in [0.3, 0.4) is 0 Å². The Hall–Kier alpha value is -2.43. The molecule has 2 heterocycles. The van der Waals surface area contributed by atoms with Crippen molar-refractivity contribution in [1.29, 1.82) is 0 Å². The van der Waals surface area contributed by atoms with E-state index in [1.165, 1.54) is 11.9 Å². The molecule has 4 rings (SSSR count). The predicted molar refractivity (Wildman–Crippen MR) is 83.3 cm³/mol. The van der Waals surface area contributed by atoms with Crippen molar-refractivity contribution in [3.63, 3.8) is 0 Å². The van der Waals surface area contributed by atoms with E-state index in [1.54, 1.807) is 0 Å². The first-order chi connectivity index (χ1) is 10.6. The zero-order valence-corrected chi connectivity index (χ0v) is 12.7. The molecule has 3 atom stereocenters. The minimum absolute atomic E-state index is 0.120. The molecule has 112 valence electrons. The maximum Gasteiger partial charge on any atom is 0.226 e. The Labute approximate surface area is 129 Å². The number of nitrogens with one attached hydrogen (secondary N) is 1. The summed E-state index contributed by atoms with van der Waals surface area (Å²) in [4.78, 5) is 17.0. The summed E-state index contributed by atoms with van der Waals surface area (Å²) < 4.78 is 1.83. The van der Waals surface area contributed by atoms with Crippen molar-refractivity contribution in [2.24, 2.45) is 11.8 Å². The molecule has 0 fully saturated rings. The van der Waals surface area contributed by atoms with Gasteiger partial charge in [-0.1, -0.05) is 42.8 Å². The van der Waals surface area contributed by atoms with Crippen LogP contribution in [-0.2, 0) is 4.79 Å². The minimum Gasteiger partial charge on any atom is -0.328 e. The highest BCUT2D eigenvalue weighted by molar-refractivity contribution is 5.87. The molecule has 1 aromatic carbocycles. The number of fused-ring (bicyclic) bond motifs is 2. The first-order valence-electron chi connectivity index (χ1n) is 7.61. The van der Waals surface area contributed by atoms with Crippen LogP contribution in [0.1, 0.15) is 30.5 Å². The number of aryl methyl sites for hydroxylation is 1. The largest absolute Gasteiger partial charge is 0.328 e. The van der Waals surface area contributed by atoms with Crippen LogP contribution in [0.2, 0.25) is 0 Å². The standard InChI is InChI=1S/C17H18N4O/c1-10-3-5-12(6-4-10)16-15-13(7-11(2)8-14(15)22)20-17-18-9-19-21(16)17/h3-7,9,11,15-16H,8H2,1-2H3,(H,18,19,20)/t11-,15+,16+/m1/s1. The summed E-state index contributed by atoms with van der Waals surface area (Å²) in [5, 5.41) is 7.63. The van der Waals surface area contributed by atoms with Crippen molar-refractivity contribution < 1.29 is 4.79 Å². The van der Waals surface area contributed by atoms with Crippen LogP contribution in [0, 0.1) is 18.8 Å². The number of carbonyl (C=O) groups excluding carboxylic acids is 1. The van der Waals surface area contributed by atoms with Gasteiger partial charge < -0.3 is 5.32 Å². The van der Waals surface area contributed by atoms with E-state index >= 15 is 0 Å². The van der Waals surface area contributed by atoms with Gasteiger partial charge in [-0.25, -0.2) is 4.68 Å². The number of carbonyl (C=O) groups is 1. The van der Waals surface area contributed by atoms with Gasteiger partial charge in [0.25, 0.3) is 0 Å². The minimum atomic E-state index is -0.201. The van der Waals surface area contributed by atoms with E-state index in [2.05, 4.69) is 59.6 Å². The maximum atomic E-state index is 12.7. The molecule has 5 heteroatoms. The molecule has 1 aromatic heterocycles. The fourth-order valence-electron chi connectivity index (χ4n) is 3.46.